The molecule has 1 unspecified atom stereocenters. The fraction of sp³-hybridized carbons (Fsp3) is 0.538. The average Bonchev–Trinajstić information content (AvgIpc) is 2.47. The summed E-state index contributed by atoms with van der Waals surface area (Å²) in [4.78, 5) is 18.5. The van der Waals surface area contributed by atoms with Crippen LogP contribution in [0, 0.1) is 0 Å². The summed E-state index contributed by atoms with van der Waals surface area (Å²) >= 11 is 0. The number of piperidine rings is 1. The molecule has 4 N–H and O–H groups in total. The quantitative estimate of drug-likeness (QED) is 0.547. The fourth-order valence-electron chi connectivity index (χ4n) is 2.34. The Hall–Kier alpha value is -1.66. The minimum absolute atomic E-state index is 0.0703. The molecule has 0 bridgehead atoms. The number of pyridine rings is 1. The van der Waals surface area contributed by atoms with Gasteiger partial charge < -0.3 is 15.6 Å². The second kappa shape index (κ2) is 6.49. The van der Waals surface area contributed by atoms with Gasteiger partial charge in [-0.3, -0.25) is 4.79 Å². The molecule has 1 aliphatic rings. The van der Waals surface area contributed by atoms with E-state index in [2.05, 4.69) is 27.6 Å². The summed E-state index contributed by atoms with van der Waals surface area (Å²) in [6, 6.07) is 3.64. The van der Waals surface area contributed by atoms with Crippen molar-refractivity contribution in [3.05, 3.63) is 23.9 Å². The number of anilines is 1. The molecule has 1 fully saturated rings. The minimum atomic E-state index is -0.0703. The molecule has 2 heterocycles. The van der Waals surface area contributed by atoms with E-state index in [4.69, 9.17) is 5.84 Å². The second-order valence-electron chi connectivity index (χ2n) is 4.78. The molecule has 1 atom stereocenters. The van der Waals surface area contributed by atoms with Gasteiger partial charge in [0.2, 0.25) is 0 Å². The molecule has 1 aromatic heterocycles. The number of nitrogens with zero attached hydrogens (tertiary/aromatic N) is 2. The van der Waals surface area contributed by atoms with Gasteiger partial charge in [-0.25, -0.2) is 10.8 Å². The maximum atomic E-state index is 12.1. The molecule has 6 heteroatoms. The highest BCUT2D eigenvalue weighted by Gasteiger charge is 2.20. The molecule has 1 amide bonds. The molecule has 1 aliphatic heterocycles. The maximum absolute atomic E-state index is 12.1. The third-order valence-electron chi connectivity index (χ3n) is 3.46. The van der Waals surface area contributed by atoms with Gasteiger partial charge in [0.25, 0.3) is 5.91 Å². The number of rotatable bonds is 4. The van der Waals surface area contributed by atoms with Crippen LogP contribution in [0.2, 0.25) is 0 Å². The average molecular weight is 263 g/mol. The summed E-state index contributed by atoms with van der Waals surface area (Å²) in [5.74, 6) is 5.71. The molecule has 1 aromatic rings. The Bertz CT molecular complexity index is 420. The fourth-order valence-corrected chi connectivity index (χ4v) is 2.34. The topological polar surface area (TPSA) is 83.3 Å². The van der Waals surface area contributed by atoms with Crippen LogP contribution in [0.4, 0.5) is 5.82 Å². The Kier molecular flexibility index (Phi) is 4.70. The van der Waals surface area contributed by atoms with E-state index < -0.39 is 0 Å². The number of likely N-dealkylation sites (N-methyl/N-ethyl adjacent to an activating group) is 1. The number of nitrogens with two attached hydrogens (primary N) is 1. The molecule has 0 saturated carbocycles. The predicted molar refractivity (Wildman–Crippen MR) is 74.6 cm³/mol. The van der Waals surface area contributed by atoms with Gasteiger partial charge in [0.1, 0.15) is 5.82 Å². The Morgan fingerprint density at radius 1 is 1.58 bits per heavy atom. The number of nitrogens with one attached hydrogen (secondary N) is 2. The Labute approximate surface area is 113 Å². The summed E-state index contributed by atoms with van der Waals surface area (Å²) in [6.45, 7) is 5.23. The van der Waals surface area contributed by atoms with Crippen LogP contribution in [0.25, 0.3) is 0 Å². The SMILES string of the molecule is CCN1CCCC(NC(=O)c2ccc(NN)nc2)C1. The lowest BCUT2D eigenvalue weighted by Gasteiger charge is -2.32. The minimum Gasteiger partial charge on any atom is -0.348 e. The number of hydrogen-bond donors (Lipinski definition) is 3. The molecule has 19 heavy (non-hydrogen) atoms. The Balaban J connectivity index is 1.92. The van der Waals surface area contributed by atoms with Gasteiger partial charge in [-0.2, -0.15) is 0 Å². The maximum Gasteiger partial charge on any atom is 0.253 e. The van der Waals surface area contributed by atoms with Crippen molar-refractivity contribution in [2.24, 2.45) is 5.84 Å². The summed E-state index contributed by atoms with van der Waals surface area (Å²) in [5.41, 5.74) is 3.00. The van der Waals surface area contributed by atoms with E-state index in [1.165, 1.54) is 6.20 Å². The lowest BCUT2D eigenvalue weighted by Crippen LogP contribution is -2.47. The van der Waals surface area contributed by atoms with Gasteiger partial charge in [0, 0.05) is 18.8 Å². The number of hydrogen-bond acceptors (Lipinski definition) is 5. The highest BCUT2D eigenvalue weighted by atomic mass is 16.1. The summed E-state index contributed by atoms with van der Waals surface area (Å²) in [6.07, 6.45) is 3.70. The molecule has 0 aromatic carbocycles. The summed E-state index contributed by atoms with van der Waals surface area (Å²) in [5, 5.41) is 3.06. The van der Waals surface area contributed by atoms with E-state index in [9.17, 15) is 4.79 Å². The number of likely N-dealkylation sites (tertiary alicyclic amines) is 1. The zero-order valence-electron chi connectivity index (χ0n) is 11.2. The van der Waals surface area contributed by atoms with E-state index >= 15 is 0 Å². The highest BCUT2D eigenvalue weighted by molar-refractivity contribution is 5.94. The van der Waals surface area contributed by atoms with Crippen LogP contribution in [0.15, 0.2) is 18.3 Å². The van der Waals surface area contributed by atoms with E-state index in [1.54, 1.807) is 12.1 Å². The number of aromatic nitrogens is 1. The van der Waals surface area contributed by atoms with Crippen LogP contribution in [0.1, 0.15) is 30.1 Å². The van der Waals surface area contributed by atoms with E-state index in [0.717, 1.165) is 32.5 Å². The molecule has 104 valence electrons. The number of amides is 1. The normalized spacial score (nSPS) is 20.0. The molecule has 0 aliphatic carbocycles. The smallest absolute Gasteiger partial charge is 0.253 e. The van der Waals surface area contributed by atoms with Crippen molar-refractivity contribution < 1.29 is 4.79 Å². The monoisotopic (exact) mass is 263 g/mol. The first-order chi connectivity index (χ1) is 9.22. The van der Waals surface area contributed by atoms with Crippen LogP contribution in [-0.4, -0.2) is 41.5 Å². The van der Waals surface area contributed by atoms with Gasteiger partial charge in [-0.1, -0.05) is 6.92 Å². The summed E-state index contributed by atoms with van der Waals surface area (Å²) < 4.78 is 0. The molecule has 1 saturated heterocycles. The van der Waals surface area contributed by atoms with Gasteiger partial charge >= 0.3 is 0 Å². The van der Waals surface area contributed by atoms with Crippen LogP contribution >= 0.6 is 0 Å². The van der Waals surface area contributed by atoms with Crippen LogP contribution in [-0.2, 0) is 0 Å². The first-order valence-corrected chi connectivity index (χ1v) is 6.68. The number of carbonyl (C=O) groups is 1. The van der Waals surface area contributed by atoms with E-state index in [-0.39, 0.29) is 11.9 Å². The van der Waals surface area contributed by atoms with Gasteiger partial charge in [0.05, 0.1) is 5.56 Å². The standard InChI is InChI=1S/C13H21N5O/c1-2-18-7-3-4-11(9-18)16-13(19)10-5-6-12(17-14)15-8-10/h5-6,8,11H,2-4,7,9,14H2,1H3,(H,15,17)(H,16,19). The third kappa shape index (κ3) is 3.65. The van der Waals surface area contributed by atoms with Crippen molar-refractivity contribution in [1.82, 2.24) is 15.2 Å². The number of hydrazine groups is 1. The lowest BCUT2D eigenvalue weighted by molar-refractivity contribution is 0.0905. The van der Waals surface area contributed by atoms with Gasteiger partial charge in [-0.05, 0) is 38.1 Å². The predicted octanol–water partition coefficient (Wildman–Crippen LogP) is 0.581. The van der Waals surface area contributed by atoms with Crippen molar-refractivity contribution in [1.29, 1.82) is 0 Å². The van der Waals surface area contributed by atoms with Gasteiger partial charge in [0.15, 0.2) is 0 Å². The number of carbonyl (C=O) groups excluding carboxylic acids is 1. The zero-order valence-corrected chi connectivity index (χ0v) is 11.2. The van der Waals surface area contributed by atoms with Crippen LogP contribution in [0.5, 0.6) is 0 Å². The first-order valence-electron chi connectivity index (χ1n) is 6.68. The van der Waals surface area contributed by atoms with Crippen molar-refractivity contribution in [2.75, 3.05) is 25.1 Å². The van der Waals surface area contributed by atoms with Crippen LogP contribution in [0.3, 0.4) is 0 Å². The van der Waals surface area contributed by atoms with Crippen molar-refractivity contribution in [2.45, 2.75) is 25.8 Å². The molecule has 0 radical (unpaired) electrons. The molecule has 0 spiro atoms. The van der Waals surface area contributed by atoms with E-state index in [1.807, 2.05) is 0 Å². The zero-order chi connectivity index (χ0) is 13.7. The van der Waals surface area contributed by atoms with Crippen molar-refractivity contribution in [3.8, 4) is 0 Å². The number of nitrogen functional groups attached to an aromatic ring is 1. The largest absolute Gasteiger partial charge is 0.348 e. The van der Waals surface area contributed by atoms with E-state index in [0.29, 0.717) is 11.4 Å². The second-order valence-corrected chi connectivity index (χ2v) is 4.78. The van der Waals surface area contributed by atoms with Gasteiger partial charge in [-0.15, -0.1) is 0 Å². The van der Waals surface area contributed by atoms with Crippen molar-refractivity contribution in [3.63, 3.8) is 0 Å². The Morgan fingerprint density at radius 3 is 3.05 bits per heavy atom. The summed E-state index contributed by atoms with van der Waals surface area (Å²) in [7, 11) is 0. The lowest BCUT2D eigenvalue weighted by atomic mass is 10.1. The molecule has 6 nitrogen and oxygen atoms in total. The third-order valence-corrected chi connectivity index (χ3v) is 3.46. The van der Waals surface area contributed by atoms with Crippen LogP contribution < -0.4 is 16.6 Å². The Morgan fingerprint density at radius 2 is 2.42 bits per heavy atom. The molecular formula is C13H21N5O. The van der Waals surface area contributed by atoms with Crippen molar-refractivity contribution >= 4 is 11.7 Å². The first kappa shape index (κ1) is 13.8. The molecule has 2 rings (SSSR count). The highest BCUT2D eigenvalue weighted by Crippen LogP contribution is 2.11. The molecular weight excluding hydrogens is 242 g/mol.